The number of nitrogens with two attached hydrogens (primary N) is 1. The van der Waals surface area contributed by atoms with Crippen LogP contribution < -0.4 is 11.1 Å². The number of aliphatic imine (C=N–C) groups is 1. The van der Waals surface area contributed by atoms with Crippen molar-refractivity contribution in [2.24, 2.45) is 22.1 Å². The second-order valence-corrected chi connectivity index (χ2v) is 10.2. The molecular formula is C28H40F2N4O4. The number of aliphatic hydroxyl groups is 1. The number of nitrogens with one attached hydrogen (secondary N) is 1. The summed E-state index contributed by atoms with van der Waals surface area (Å²) >= 11 is 0. The summed E-state index contributed by atoms with van der Waals surface area (Å²) in [4.78, 5) is 32.5. The largest absolute Gasteiger partial charge is 0.391 e. The van der Waals surface area contributed by atoms with Crippen LogP contribution in [0.15, 0.2) is 34.8 Å². The van der Waals surface area contributed by atoms with Gasteiger partial charge in [0.25, 0.3) is 5.91 Å². The molecule has 1 aromatic rings. The predicted octanol–water partition coefficient (Wildman–Crippen LogP) is 2.38. The highest BCUT2D eigenvalue weighted by Gasteiger charge is 2.47. The third kappa shape index (κ3) is 7.45. The van der Waals surface area contributed by atoms with Gasteiger partial charge in [0.1, 0.15) is 11.6 Å². The molecule has 2 amide bonds. The van der Waals surface area contributed by atoms with E-state index in [9.17, 15) is 23.5 Å². The van der Waals surface area contributed by atoms with Crippen molar-refractivity contribution in [3.8, 4) is 0 Å². The van der Waals surface area contributed by atoms with Gasteiger partial charge in [-0.2, -0.15) is 0 Å². The van der Waals surface area contributed by atoms with Crippen LogP contribution in [0.2, 0.25) is 0 Å². The van der Waals surface area contributed by atoms with Gasteiger partial charge in [0.15, 0.2) is 0 Å². The van der Waals surface area contributed by atoms with Gasteiger partial charge in [-0.05, 0) is 49.8 Å². The molecule has 1 fully saturated rings. The minimum atomic E-state index is -1.54. The van der Waals surface area contributed by atoms with Crippen LogP contribution in [-0.2, 0) is 20.7 Å². The molecule has 4 N–H and O–H groups in total. The van der Waals surface area contributed by atoms with Gasteiger partial charge >= 0.3 is 0 Å². The number of hydrogen-bond acceptors (Lipinski definition) is 6. The van der Waals surface area contributed by atoms with Crippen LogP contribution in [0.1, 0.15) is 45.1 Å². The van der Waals surface area contributed by atoms with Gasteiger partial charge in [0.05, 0.1) is 29.7 Å². The predicted molar refractivity (Wildman–Crippen MR) is 142 cm³/mol. The summed E-state index contributed by atoms with van der Waals surface area (Å²) in [7, 11) is 0. The lowest BCUT2D eigenvalue weighted by molar-refractivity contribution is -0.130. The summed E-state index contributed by atoms with van der Waals surface area (Å²) in [5.41, 5.74) is 4.89. The number of hydrogen-bond donors (Lipinski definition) is 3. The van der Waals surface area contributed by atoms with Crippen LogP contribution in [-0.4, -0.2) is 79.6 Å². The third-order valence-corrected chi connectivity index (χ3v) is 7.23. The lowest BCUT2D eigenvalue weighted by atomic mass is 9.67. The first-order valence-electron chi connectivity index (χ1n) is 13.5. The van der Waals surface area contributed by atoms with Crippen LogP contribution in [0.25, 0.3) is 0 Å². The van der Waals surface area contributed by atoms with Crippen LogP contribution in [0.3, 0.4) is 0 Å². The lowest BCUT2D eigenvalue weighted by Gasteiger charge is -2.40. The fraction of sp³-hybridized carbons (Fsp3) is 0.607. The summed E-state index contributed by atoms with van der Waals surface area (Å²) in [5.74, 6) is -3.48. The summed E-state index contributed by atoms with van der Waals surface area (Å²) in [6.45, 7) is 6.25. The molecule has 2 aliphatic heterocycles. The maximum absolute atomic E-state index is 14.0. The molecule has 2 heterocycles. The number of primary amides is 1. The Morgan fingerprint density at radius 1 is 1.24 bits per heavy atom. The molecule has 210 valence electrons. The van der Waals surface area contributed by atoms with Crippen molar-refractivity contribution in [3.05, 3.63) is 47.0 Å². The number of aliphatic hydroxyl groups excluding tert-OH is 1. The van der Waals surface area contributed by atoms with E-state index in [1.165, 1.54) is 24.4 Å². The summed E-state index contributed by atoms with van der Waals surface area (Å²) < 4.78 is 33.7. The van der Waals surface area contributed by atoms with Crippen molar-refractivity contribution in [2.75, 3.05) is 39.3 Å². The Morgan fingerprint density at radius 3 is 2.50 bits per heavy atom. The molecule has 0 bridgehead atoms. The molecular weight excluding hydrogens is 494 g/mol. The Hall–Kier alpha value is -2.69. The molecule has 1 aromatic carbocycles. The zero-order chi connectivity index (χ0) is 27.7. The second-order valence-electron chi connectivity index (χ2n) is 10.2. The summed E-state index contributed by atoms with van der Waals surface area (Å²) in [6, 6.07) is 3.10. The smallest absolute Gasteiger partial charge is 0.255 e. The van der Waals surface area contributed by atoms with Crippen LogP contribution >= 0.6 is 0 Å². The average molecular weight is 535 g/mol. The third-order valence-electron chi connectivity index (χ3n) is 7.23. The van der Waals surface area contributed by atoms with Crippen LogP contribution in [0.4, 0.5) is 8.78 Å². The van der Waals surface area contributed by atoms with Gasteiger partial charge in [-0.1, -0.05) is 19.9 Å². The monoisotopic (exact) mass is 534 g/mol. The molecule has 38 heavy (non-hydrogen) atoms. The minimum absolute atomic E-state index is 0.0366. The van der Waals surface area contributed by atoms with Crippen LogP contribution in [0, 0.1) is 23.0 Å². The molecule has 1 saturated heterocycles. The zero-order valence-corrected chi connectivity index (χ0v) is 22.3. The van der Waals surface area contributed by atoms with E-state index in [0.717, 1.165) is 31.7 Å². The highest BCUT2D eigenvalue weighted by atomic mass is 19.1. The molecule has 10 heteroatoms. The van der Waals surface area contributed by atoms with Crippen molar-refractivity contribution in [1.29, 1.82) is 0 Å². The van der Waals surface area contributed by atoms with E-state index in [2.05, 4.69) is 10.3 Å². The number of ether oxygens (including phenoxy) is 1. The van der Waals surface area contributed by atoms with Gasteiger partial charge in [-0.3, -0.25) is 14.6 Å². The second kappa shape index (κ2) is 13.9. The normalized spacial score (nSPS) is 22.7. The van der Waals surface area contributed by atoms with Gasteiger partial charge < -0.3 is 25.8 Å². The first kappa shape index (κ1) is 29.9. The number of carbonyl (C=O) groups is 2. The Morgan fingerprint density at radius 2 is 1.92 bits per heavy atom. The summed E-state index contributed by atoms with van der Waals surface area (Å²) in [5, 5.41) is 14.6. The van der Waals surface area contributed by atoms with Gasteiger partial charge in [-0.25, -0.2) is 8.78 Å². The lowest BCUT2D eigenvalue weighted by Crippen LogP contribution is -2.53. The molecule has 1 unspecified atom stereocenters. The number of halogens is 2. The van der Waals surface area contributed by atoms with Crippen molar-refractivity contribution in [3.63, 3.8) is 0 Å². The number of amides is 2. The van der Waals surface area contributed by atoms with Crippen molar-refractivity contribution < 1.29 is 28.2 Å². The average Bonchev–Trinajstić information content (AvgIpc) is 3.39. The maximum atomic E-state index is 14.0. The molecule has 8 nitrogen and oxygen atoms in total. The van der Waals surface area contributed by atoms with Gasteiger partial charge in [0.2, 0.25) is 5.91 Å². The van der Waals surface area contributed by atoms with Gasteiger partial charge in [-0.15, -0.1) is 0 Å². The summed E-state index contributed by atoms with van der Waals surface area (Å²) in [6.07, 6.45) is 5.19. The Bertz CT molecular complexity index is 1000. The maximum Gasteiger partial charge on any atom is 0.255 e. The quantitative estimate of drug-likeness (QED) is 0.339. The van der Waals surface area contributed by atoms with E-state index in [-0.39, 0.29) is 42.7 Å². The number of benzene rings is 1. The molecule has 0 aliphatic carbocycles. The zero-order valence-electron chi connectivity index (χ0n) is 22.3. The molecule has 4 atom stereocenters. The first-order valence-corrected chi connectivity index (χ1v) is 13.5. The SMILES string of the molecule is CCCN(CCC)C(=O)C1=CC(C(N)=O)([C@H](Cc2cc(F)cc(F)c2)[C@@H](O)CNC[C@@H]2CCCO2)CN=C1. The van der Waals surface area contributed by atoms with E-state index in [4.69, 9.17) is 10.5 Å². The fourth-order valence-electron chi connectivity index (χ4n) is 5.35. The fourth-order valence-corrected chi connectivity index (χ4v) is 5.35. The minimum Gasteiger partial charge on any atom is -0.391 e. The number of nitrogens with zero attached hydrogens (tertiary/aromatic N) is 2. The standard InChI is InChI=1S/C28H40F2N4O4/c1-3-7-34(8-4-2)26(36)20-14-28(27(31)37,18-33-15-20)24(12-19-10-21(29)13-22(30)11-19)25(35)17-32-16-23-6-5-9-38-23/h10-11,13-15,23-25,32,35H,3-9,12,16-18H2,1-2H3,(H2,31,37)/t23-,24+,25-,28?/m0/s1. The number of rotatable bonds is 14. The van der Waals surface area contributed by atoms with Crippen LogP contribution in [0.5, 0.6) is 0 Å². The van der Waals surface area contributed by atoms with E-state index >= 15 is 0 Å². The first-order chi connectivity index (χ1) is 18.2. The Labute approximate surface area is 223 Å². The molecule has 0 radical (unpaired) electrons. The molecule has 0 spiro atoms. The van der Waals surface area contributed by atoms with Crippen molar-refractivity contribution >= 4 is 18.0 Å². The number of dihydropyridines is 1. The Balaban J connectivity index is 1.96. The topological polar surface area (TPSA) is 117 Å². The van der Waals surface area contributed by atoms with E-state index < -0.39 is 35.0 Å². The highest BCUT2D eigenvalue weighted by molar-refractivity contribution is 6.13. The molecule has 0 aromatic heterocycles. The molecule has 0 saturated carbocycles. The van der Waals surface area contributed by atoms with E-state index in [1.54, 1.807) is 4.90 Å². The van der Waals surface area contributed by atoms with E-state index in [1.807, 2.05) is 13.8 Å². The highest BCUT2D eigenvalue weighted by Crippen LogP contribution is 2.38. The van der Waals surface area contributed by atoms with Gasteiger partial charge in [0, 0.05) is 51.0 Å². The number of carbonyl (C=O) groups excluding carboxylic acids is 2. The van der Waals surface area contributed by atoms with Crippen molar-refractivity contribution in [2.45, 2.75) is 58.2 Å². The molecule has 2 aliphatic rings. The van der Waals surface area contributed by atoms with E-state index in [0.29, 0.717) is 26.2 Å². The Kier molecular flexibility index (Phi) is 10.9. The van der Waals surface area contributed by atoms with Crippen molar-refractivity contribution in [1.82, 2.24) is 10.2 Å². The molecule has 3 rings (SSSR count).